The van der Waals surface area contributed by atoms with Crippen LogP contribution in [0.5, 0.6) is 0 Å². The van der Waals surface area contributed by atoms with Crippen molar-refractivity contribution >= 4 is 17.8 Å². The number of aromatic nitrogens is 5. The summed E-state index contributed by atoms with van der Waals surface area (Å²) in [5, 5.41) is 20.0. The Labute approximate surface area is 132 Å². The van der Waals surface area contributed by atoms with E-state index in [0.717, 1.165) is 17.0 Å². The molecule has 0 spiro atoms. The van der Waals surface area contributed by atoms with E-state index >= 15 is 0 Å². The van der Waals surface area contributed by atoms with Crippen LogP contribution in [-0.4, -0.2) is 43.8 Å². The molecule has 0 saturated heterocycles. The Hall–Kier alpha value is -2.91. The van der Waals surface area contributed by atoms with Gasteiger partial charge in [0.05, 0.1) is 18.5 Å². The highest BCUT2D eigenvalue weighted by Crippen LogP contribution is 2.08. The van der Waals surface area contributed by atoms with Crippen LogP contribution in [-0.2, 0) is 22.6 Å². The minimum absolute atomic E-state index is 0.0551. The number of hydrogen-bond acceptors (Lipinski definition) is 6. The van der Waals surface area contributed by atoms with Gasteiger partial charge in [0.1, 0.15) is 6.54 Å². The van der Waals surface area contributed by atoms with Crippen molar-refractivity contribution in [1.29, 1.82) is 0 Å². The monoisotopic (exact) mass is 321 g/mol. The van der Waals surface area contributed by atoms with Crippen LogP contribution in [0.4, 0.5) is 10.6 Å². The SMILES string of the molecule is CCOC(=O)Nc1cnn(CC(=O)NCc2c(C)n[nH]c2C)n1. The summed E-state index contributed by atoms with van der Waals surface area (Å²) >= 11 is 0. The van der Waals surface area contributed by atoms with Gasteiger partial charge in [0.25, 0.3) is 0 Å². The molecule has 2 heterocycles. The quantitative estimate of drug-likeness (QED) is 0.711. The number of hydrogen-bond donors (Lipinski definition) is 3. The van der Waals surface area contributed by atoms with Gasteiger partial charge >= 0.3 is 6.09 Å². The molecule has 124 valence electrons. The zero-order chi connectivity index (χ0) is 16.8. The van der Waals surface area contributed by atoms with E-state index in [0.29, 0.717) is 6.54 Å². The smallest absolute Gasteiger partial charge is 0.412 e. The number of aryl methyl sites for hydroxylation is 2. The molecule has 0 aliphatic carbocycles. The number of carbonyl (C=O) groups is 2. The molecule has 0 radical (unpaired) electrons. The van der Waals surface area contributed by atoms with Gasteiger partial charge in [-0.1, -0.05) is 0 Å². The number of nitrogens with zero attached hydrogens (tertiary/aromatic N) is 4. The Morgan fingerprint density at radius 1 is 1.39 bits per heavy atom. The second-order valence-corrected chi connectivity index (χ2v) is 4.79. The van der Waals surface area contributed by atoms with Crippen LogP contribution in [0.15, 0.2) is 6.20 Å². The lowest BCUT2D eigenvalue weighted by Gasteiger charge is -2.05. The van der Waals surface area contributed by atoms with E-state index in [1.54, 1.807) is 6.92 Å². The summed E-state index contributed by atoms with van der Waals surface area (Å²) in [5.41, 5.74) is 2.72. The highest BCUT2D eigenvalue weighted by molar-refractivity contribution is 5.83. The summed E-state index contributed by atoms with van der Waals surface area (Å²) in [6.45, 7) is 6.04. The molecule has 3 N–H and O–H groups in total. The van der Waals surface area contributed by atoms with Gasteiger partial charge in [-0.05, 0) is 20.8 Å². The fourth-order valence-corrected chi connectivity index (χ4v) is 1.91. The van der Waals surface area contributed by atoms with Crippen LogP contribution < -0.4 is 10.6 Å². The first kappa shape index (κ1) is 16.5. The molecule has 10 heteroatoms. The first-order valence-corrected chi connectivity index (χ1v) is 7.10. The molecule has 10 nitrogen and oxygen atoms in total. The number of nitrogens with one attached hydrogen (secondary N) is 3. The van der Waals surface area contributed by atoms with Crippen LogP contribution in [0, 0.1) is 13.8 Å². The molecule has 0 saturated carbocycles. The number of amides is 2. The number of ether oxygens (including phenoxy) is 1. The minimum Gasteiger partial charge on any atom is -0.450 e. The molecule has 2 aromatic rings. The minimum atomic E-state index is -0.616. The number of carbonyl (C=O) groups excluding carboxylic acids is 2. The second-order valence-electron chi connectivity index (χ2n) is 4.79. The van der Waals surface area contributed by atoms with E-state index in [1.807, 2.05) is 13.8 Å². The van der Waals surface area contributed by atoms with Crippen molar-refractivity contribution in [2.45, 2.75) is 33.9 Å². The number of anilines is 1. The summed E-state index contributed by atoms with van der Waals surface area (Å²) in [6, 6.07) is 0. The van der Waals surface area contributed by atoms with Gasteiger partial charge in [0.2, 0.25) is 5.91 Å². The van der Waals surface area contributed by atoms with Crippen molar-refractivity contribution in [2.75, 3.05) is 11.9 Å². The normalized spacial score (nSPS) is 10.4. The third-order valence-electron chi connectivity index (χ3n) is 3.07. The fraction of sp³-hybridized carbons (Fsp3) is 0.462. The third kappa shape index (κ3) is 4.53. The average molecular weight is 321 g/mol. The summed E-state index contributed by atoms with van der Waals surface area (Å²) < 4.78 is 4.72. The number of rotatable bonds is 6. The van der Waals surface area contributed by atoms with Gasteiger partial charge in [-0.3, -0.25) is 15.2 Å². The van der Waals surface area contributed by atoms with Crippen LogP contribution in [0.3, 0.4) is 0 Å². The van der Waals surface area contributed by atoms with Crippen LogP contribution in [0.1, 0.15) is 23.9 Å². The van der Waals surface area contributed by atoms with Gasteiger partial charge < -0.3 is 10.1 Å². The molecular formula is C13H19N7O3. The van der Waals surface area contributed by atoms with Gasteiger partial charge in [-0.25, -0.2) is 4.79 Å². The van der Waals surface area contributed by atoms with E-state index in [4.69, 9.17) is 4.74 Å². The molecular weight excluding hydrogens is 302 g/mol. The van der Waals surface area contributed by atoms with Crippen LogP contribution in [0.25, 0.3) is 0 Å². The van der Waals surface area contributed by atoms with Crippen LogP contribution in [0.2, 0.25) is 0 Å². The maximum Gasteiger partial charge on any atom is 0.412 e. The Bertz CT molecular complexity index is 672. The van der Waals surface area contributed by atoms with Crippen molar-refractivity contribution in [3.63, 3.8) is 0 Å². The summed E-state index contributed by atoms with van der Waals surface area (Å²) in [6.07, 6.45) is 0.726. The summed E-state index contributed by atoms with van der Waals surface area (Å²) in [7, 11) is 0. The Balaban J connectivity index is 1.84. The Kier molecular flexibility index (Phi) is 5.28. The molecule has 0 fully saturated rings. The van der Waals surface area contributed by atoms with Crippen molar-refractivity contribution in [2.24, 2.45) is 0 Å². The van der Waals surface area contributed by atoms with Crippen molar-refractivity contribution in [3.05, 3.63) is 23.1 Å². The molecule has 0 aromatic carbocycles. The lowest BCUT2D eigenvalue weighted by molar-refractivity contribution is -0.122. The van der Waals surface area contributed by atoms with E-state index in [2.05, 4.69) is 31.0 Å². The highest BCUT2D eigenvalue weighted by Gasteiger charge is 2.11. The lowest BCUT2D eigenvalue weighted by Crippen LogP contribution is -2.28. The molecule has 2 aromatic heterocycles. The zero-order valence-corrected chi connectivity index (χ0v) is 13.2. The molecule has 0 aliphatic rings. The molecule has 0 bridgehead atoms. The van der Waals surface area contributed by atoms with Gasteiger partial charge in [0.15, 0.2) is 5.82 Å². The van der Waals surface area contributed by atoms with E-state index in [-0.39, 0.29) is 24.9 Å². The fourth-order valence-electron chi connectivity index (χ4n) is 1.91. The maximum atomic E-state index is 11.9. The standard InChI is InChI=1S/C13H19N7O3/c1-4-23-13(22)16-11-6-15-20(19-11)7-12(21)14-5-10-8(2)17-18-9(10)3/h6H,4-5,7H2,1-3H3,(H,14,21)(H,17,18)(H,16,19,22). The molecule has 0 atom stereocenters. The third-order valence-corrected chi connectivity index (χ3v) is 3.07. The zero-order valence-electron chi connectivity index (χ0n) is 13.2. The predicted octanol–water partition coefficient (Wildman–Crippen LogP) is 0.503. The largest absolute Gasteiger partial charge is 0.450 e. The van der Waals surface area contributed by atoms with E-state index in [9.17, 15) is 9.59 Å². The molecule has 2 amide bonds. The topological polar surface area (TPSA) is 127 Å². The van der Waals surface area contributed by atoms with Crippen molar-refractivity contribution in [3.8, 4) is 0 Å². The molecule has 23 heavy (non-hydrogen) atoms. The predicted molar refractivity (Wildman–Crippen MR) is 80.6 cm³/mol. The van der Waals surface area contributed by atoms with Gasteiger partial charge in [-0.2, -0.15) is 15.0 Å². The van der Waals surface area contributed by atoms with Crippen molar-refractivity contribution in [1.82, 2.24) is 30.5 Å². The Morgan fingerprint density at radius 3 is 2.83 bits per heavy atom. The van der Waals surface area contributed by atoms with Crippen LogP contribution >= 0.6 is 0 Å². The molecule has 0 unspecified atom stereocenters. The average Bonchev–Trinajstić information content (AvgIpc) is 3.04. The van der Waals surface area contributed by atoms with E-state index < -0.39 is 6.09 Å². The van der Waals surface area contributed by atoms with Crippen molar-refractivity contribution < 1.29 is 14.3 Å². The van der Waals surface area contributed by atoms with Gasteiger partial charge in [-0.15, -0.1) is 5.10 Å². The summed E-state index contributed by atoms with van der Waals surface area (Å²) in [4.78, 5) is 24.3. The lowest BCUT2D eigenvalue weighted by atomic mass is 10.2. The number of aromatic amines is 1. The second kappa shape index (κ2) is 7.38. The first-order valence-electron chi connectivity index (χ1n) is 7.10. The first-order chi connectivity index (χ1) is 11.0. The van der Waals surface area contributed by atoms with E-state index in [1.165, 1.54) is 11.0 Å². The van der Waals surface area contributed by atoms with Gasteiger partial charge in [0, 0.05) is 17.8 Å². The maximum absolute atomic E-state index is 11.9. The summed E-state index contributed by atoms with van der Waals surface area (Å²) in [5.74, 6) is -0.0268. The Morgan fingerprint density at radius 2 is 2.17 bits per heavy atom. The highest BCUT2D eigenvalue weighted by atomic mass is 16.5. The molecule has 0 aliphatic heterocycles. The number of H-pyrrole nitrogens is 1. The molecule has 2 rings (SSSR count).